The van der Waals surface area contributed by atoms with Crippen LogP contribution in [0.3, 0.4) is 0 Å². The molecule has 9 heteroatoms. The van der Waals surface area contributed by atoms with Gasteiger partial charge in [-0.15, -0.1) is 11.3 Å². The highest BCUT2D eigenvalue weighted by Gasteiger charge is 2.14. The summed E-state index contributed by atoms with van der Waals surface area (Å²) in [5.74, 6) is -0.252. The second kappa shape index (κ2) is 8.18. The quantitative estimate of drug-likeness (QED) is 0.639. The fourth-order valence-electron chi connectivity index (χ4n) is 2.31. The van der Waals surface area contributed by atoms with Crippen molar-refractivity contribution in [1.82, 2.24) is 15.0 Å². The van der Waals surface area contributed by atoms with Crippen LogP contribution in [0.5, 0.6) is 0 Å². The Morgan fingerprint density at radius 1 is 1.15 bits per heavy atom. The summed E-state index contributed by atoms with van der Waals surface area (Å²) >= 11 is 7.42. The number of thiazole rings is 1. The zero-order valence-electron chi connectivity index (χ0n) is 14.3. The first-order valence-corrected chi connectivity index (χ1v) is 10.6. The lowest BCUT2D eigenvalue weighted by atomic mass is 10.2. The molecule has 0 radical (unpaired) electrons. The number of carbonyl (C=O) groups excluding carboxylic acids is 1. The smallest absolute Gasteiger partial charge is 0.263 e. The third-order valence-corrected chi connectivity index (χ3v) is 6.58. The zero-order valence-corrected chi connectivity index (χ0v) is 16.7. The van der Waals surface area contributed by atoms with Gasteiger partial charge in [0.25, 0.3) is 5.91 Å². The van der Waals surface area contributed by atoms with Crippen molar-refractivity contribution in [2.75, 3.05) is 7.05 Å². The van der Waals surface area contributed by atoms with Crippen LogP contribution in [0.25, 0.3) is 10.6 Å². The predicted molar refractivity (Wildman–Crippen MR) is 106 cm³/mol. The van der Waals surface area contributed by atoms with Crippen LogP contribution < -0.4 is 10.0 Å². The van der Waals surface area contributed by atoms with Gasteiger partial charge in [0.1, 0.15) is 9.88 Å². The van der Waals surface area contributed by atoms with Crippen molar-refractivity contribution >= 4 is 38.9 Å². The topological polar surface area (TPSA) is 88.2 Å². The molecule has 0 fully saturated rings. The Labute approximate surface area is 166 Å². The van der Waals surface area contributed by atoms with E-state index in [1.165, 1.54) is 36.7 Å². The normalized spacial score (nSPS) is 11.3. The molecule has 2 N–H and O–H groups in total. The Hall–Kier alpha value is -2.26. The van der Waals surface area contributed by atoms with E-state index >= 15 is 0 Å². The third-order valence-electron chi connectivity index (χ3n) is 3.79. The standard InChI is InChI=1S/C18H16ClN3O3S2/c1-20-27(24,25)13-8-6-12(7-9-13)10-21-17(23)16-11-22-18(26-16)14-4-2-3-5-15(14)19/h2-9,11,20H,10H2,1H3,(H,21,23). The number of nitrogens with zero attached hydrogens (tertiary/aromatic N) is 1. The van der Waals surface area contributed by atoms with Crippen LogP contribution >= 0.6 is 22.9 Å². The molecular weight excluding hydrogens is 406 g/mol. The van der Waals surface area contributed by atoms with Crippen molar-refractivity contribution in [3.05, 3.63) is 70.2 Å². The summed E-state index contributed by atoms with van der Waals surface area (Å²) in [5.41, 5.74) is 1.57. The Balaban J connectivity index is 1.66. The van der Waals surface area contributed by atoms with E-state index in [9.17, 15) is 13.2 Å². The third kappa shape index (κ3) is 4.54. The van der Waals surface area contributed by atoms with Crippen LogP contribution in [0.15, 0.2) is 59.6 Å². The molecule has 3 aromatic rings. The summed E-state index contributed by atoms with van der Waals surface area (Å²) < 4.78 is 25.7. The van der Waals surface area contributed by atoms with Gasteiger partial charge in [-0.2, -0.15) is 0 Å². The minimum atomic E-state index is -3.47. The van der Waals surface area contributed by atoms with Gasteiger partial charge in [-0.25, -0.2) is 18.1 Å². The lowest BCUT2D eigenvalue weighted by Gasteiger charge is -2.06. The highest BCUT2D eigenvalue weighted by Crippen LogP contribution is 2.30. The van der Waals surface area contributed by atoms with Crippen molar-refractivity contribution in [1.29, 1.82) is 0 Å². The molecule has 0 bridgehead atoms. The lowest BCUT2D eigenvalue weighted by Crippen LogP contribution is -2.22. The summed E-state index contributed by atoms with van der Waals surface area (Å²) in [5, 5.41) is 4.05. The molecule has 0 saturated carbocycles. The Morgan fingerprint density at radius 3 is 2.52 bits per heavy atom. The number of carbonyl (C=O) groups is 1. The van der Waals surface area contributed by atoms with Crippen LogP contribution in [0, 0.1) is 0 Å². The first kappa shape index (κ1) is 19.5. The highest BCUT2D eigenvalue weighted by molar-refractivity contribution is 7.89. The van der Waals surface area contributed by atoms with E-state index in [0.717, 1.165) is 11.1 Å². The van der Waals surface area contributed by atoms with Gasteiger partial charge < -0.3 is 5.32 Å². The van der Waals surface area contributed by atoms with E-state index in [0.29, 0.717) is 14.9 Å². The second-order valence-corrected chi connectivity index (χ2v) is 8.87. The van der Waals surface area contributed by atoms with E-state index in [4.69, 9.17) is 11.6 Å². The van der Waals surface area contributed by atoms with Crippen molar-refractivity contribution in [2.24, 2.45) is 0 Å². The fraction of sp³-hybridized carbons (Fsp3) is 0.111. The molecule has 1 aromatic heterocycles. The largest absolute Gasteiger partial charge is 0.347 e. The number of nitrogens with one attached hydrogen (secondary N) is 2. The molecule has 2 aromatic carbocycles. The maximum absolute atomic E-state index is 12.3. The van der Waals surface area contributed by atoms with Gasteiger partial charge in [0.05, 0.1) is 16.1 Å². The SMILES string of the molecule is CNS(=O)(=O)c1ccc(CNC(=O)c2cnc(-c3ccccc3Cl)s2)cc1. The molecule has 0 aliphatic rings. The number of halogens is 1. The average molecular weight is 422 g/mol. The number of benzene rings is 2. The Kier molecular flexibility index (Phi) is 5.91. The summed E-state index contributed by atoms with van der Waals surface area (Å²) in [7, 11) is -2.11. The molecule has 3 rings (SSSR count). The van der Waals surface area contributed by atoms with Gasteiger partial charge >= 0.3 is 0 Å². The Bertz CT molecular complexity index is 1060. The van der Waals surface area contributed by atoms with Crippen LogP contribution in [-0.2, 0) is 16.6 Å². The molecule has 0 aliphatic heterocycles. The van der Waals surface area contributed by atoms with E-state index in [2.05, 4.69) is 15.0 Å². The number of hydrogen-bond donors (Lipinski definition) is 2. The summed E-state index contributed by atoms with van der Waals surface area (Å²) in [6, 6.07) is 13.6. The molecule has 0 spiro atoms. The number of rotatable bonds is 6. The molecule has 0 atom stereocenters. The first-order chi connectivity index (χ1) is 12.9. The second-order valence-electron chi connectivity index (χ2n) is 5.54. The molecule has 0 saturated heterocycles. The molecule has 27 heavy (non-hydrogen) atoms. The average Bonchev–Trinajstić information content (AvgIpc) is 3.17. The molecule has 6 nitrogen and oxygen atoms in total. The number of sulfonamides is 1. The van der Waals surface area contributed by atoms with Crippen LogP contribution in [0.1, 0.15) is 15.2 Å². The molecular formula is C18H16ClN3O3S2. The summed E-state index contributed by atoms with van der Waals surface area (Å²) in [6.07, 6.45) is 1.52. The van der Waals surface area contributed by atoms with E-state index < -0.39 is 10.0 Å². The summed E-state index contributed by atoms with van der Waals surface area (Å²) in [6.45, 7) is 0.276. The predicted octanol–water partition coefficient (Wildman–Crippen LogP) is 3.30. The molecule has 0 unspecified atom stereocenters. The number of hydrogen-bond acceptors (Lipinski definition) is 5. The first-order valence-electron chi connectivity index (χ1n) is 7.92. The number of aromatic nitrogens is 1. The maximum Gasteiger partial charge on any atom is 0.263 e. The molecule has 1 amide bonds. The molecule has 140 valence electrons. The van der Waals surface area contributed by atoms with Gasteiger partial charge in [-0.05, 0) is 30.8 Å². The maximum atomic E-state index is 12.3. The zero-order chi connectivity index (χ0) is 19.4. The van der Waals surface area contributed by atoms with Gasteiger partial charge in [-0.3, -0.25) is 4.79 Å². The fourth-order valence-corrected chi connectivity index (χ4v) is 4.20. The minimum Gasteiger partial charge on any atom is -0.347 e. The van der Waals surface area contributed by atoms with Gasteiger partial charge in [-0.1, -0.05) is 41.9 Å². The summed E-state index contributed by atoms with van der Waals surface area (Å²) in [4.78, 5) is 17.3. The highest BCUT2D eigenvalue weighted by atomic mass is 35.5. The van der Waals surface area contributed by atoms with Crippen molar-refractivity contribution in [3.8, 4) is 10.6 Å². The van der Waals surface area contributed by atoms with Crippen molar-refractivity contribution in [3.63, 3.8) is 0 Å². The van der Waals surface area contributed by atoms with E-state index in [-0.39, 0.29) is 17.3 Å². The molecule has 1 heterocycles. The van der Waals surface area contributed by atoms with E-state index in [1.54, 1.807) is 18.2 Å². The van der Waals surface area contributed by atoms with Gasteiger partial charge in [0.2, 0.25) is 10.0 Å². The van der Waals surface area contributed by atoms with Crippen LogP contribution in [0.2, 0.25) is 5.02 Å². The van der Waals surface area contributed by atoms with Crippen molar-refractivity contribution < 1.29 is 13.2 Å². The van der Waals surface area contributed by atoms with Crippen LogP contribution in [-0.4, -0.2) is 26.4 Å². The number of amides is 1. The molecule has 0 aliphatic carbocycles. The Morgan fingerprint density at radius 2 is 1.85 bits per heavy atom. The van der Waals surface area contributed by atoms with Gasteiger partial charge in [0.15, 0.2) is 0 Å². The monoisotopic (exact) mass is 421 g/mol. The van der Waals surface area contributed by atoms with Crippen molar-refractivity contribution in [2.45, 2.75) is 11.4 Å². The van der Waals surface area contributed by atoms with E-state index in [1.807, 2.05) is 18.2 Å². The minimum absolute atomic E-state index is 0.173. The van der Waals surface area contributed by atoms with Crippen LogP contribution in [0.4, 0.5) is 0 Å². The van der Waals surface area contributed by atoms with Gasteiger partial charge in [0, 0.05) is 12.1 Å². The lowest BCUT2D eigenvalue weighted by molar-refractivity contribution is 0.0954.